The summed E-state index contributed by atoms with van der Waals surface area (Å²) in [4.78, 5) is 25.9. The second-order valence-corrected chi connectivity index (χ2v) is 6.25. The minimum Gasteiger partial charge on any atom is -0.618 e. The van der Waals surface area contributed by atoms with Gasteiger partial charge in [-0.05, 0) is 25.8 Å². The molecule has 1 fully saturated rings. The summed E-state index contributed by atoms with van der Waals surface area (Å²) in [6.07, 6.45) is 3.49. The zero-order chi connectivity index (χ0) is 17.0. The number of piperidine rings is 1. The van der Waals surface area contributed by atoms with Gasteiger partial charge in [0, 0.05) is 51.5 Å². The smallest absolute Gasteiger partial charge is 0.257 e. The first kappa shape index (κ1) is 17.4. The molecule has 1 saturated heterocycles. The standard InChI is InChI=1S/C17H25N3O3/c1-12-5-11-20(23)14(3)16(12)17(22)18-8-4-13(2)19-9-6-15(21)7-10-19/h5,11,13H,4,6-10H2,1-3H3,(H,18,22). The molecule has 1 N–H and O–H groups in total. The van der Waals surface area contributed by atoms with Crippen LogP contribution in [0.5, 0.6) is 0 Å². The van der Waals surface area contributed by atoms with Crippen LogP contribution < -0.4 is 10.0 Å². The monoisotopic (exact) mass is 319 g/mol. The maximum absolute atomic E-state index is 12.3. The lowest BCUT2D eigenvalue weighted by molar-refractivity contribution is -0.612. The number of rotatable bonds is 5. The molecular weight excluding hydrogens is 294 g/mol. The van der Waals surface area contributed by atoms with E-state index in [2.05, 4.69) is 17.1 Å². The van der Waals surface area contributed by atoms with Gasteiger partial charge in [0.2, 0.25) is 5.69 Å². The van der Waals surface area contributed by atoms with Gasteiger partial charge >= 0.3 is 0 Å². The summed E-state index contributed by atoms with van der Waals surface area (Å²) in [5, 5.41) is 14.5. The number of nitrogens with zero attached hydrogens (tertiary/aromatic N) is 2. The molecule has 6 nitrogen and oxygen atoms in total. The number of carbonyl (C=O) groups is 2. The summed E-state index contributed by atoms with van der Waals surface area (Å²) in [5.74, 6) is 0.133. The highest BCUT2D eigenvalue weighted by Crippen LogP contribution is 2.12. The summed E-state index contributed by atoms with van der Waals surface area (Å²) in [6.45, 7) is 7.77. The Balaban J connectivity index is 1.85. The van der Waals surface area contributed by atoms with Crippen molar-refractivity contribution in [2.24, 2.45) is 0 Å². The normalized spacial score (nSPS) is 17.1. The van der Waals surface area contributed by atoms with E-state index in [1.165, 1.54) is 6.20 Å². The van der Waals surface area contributed by atoms with Crippen molar-refractivity contribution in [1.82, 2.24) is 10.2 Å². The molecule has 1 aromatic rings. The topological polar surface area (TPSA) is 76.3 Å². The van der Waals surface area contributed by atoms with E-state index in [1.54, 1.807) is 13.0 Å². The first-order valence-electron chi connectivity index (χ1n) is 8.13. The van der Waals surface area contributed by atoms with E-state index in [0.29, 0.717) is 42.5 Å². The summed E-state index contributed by atoms with van der Waals surface area (Å²) in [6, 6.07) is 1.98. The van der Waals surface area contributed by atoms with Gasteiger partial charge in [-0.1, -0.05) is 0 Å². The molecule has 0 spiro atoms. The third kappa shape index (κ3) is 4.28. The molecule has 1 amide bonds. The van der Waals surface area contributed by atoms with E-state index >= 15 is 0 Å². The van der Waals surface area contributed by atoms with Gasteiger partial charge in [-0.25, -0.2) is 0 Å². The summed E-state index contributed by atoms with van der Waals surface area (Å²) in [7, 11) is 0. The van der Waals surface area contributed by atoms with E-state index < -0.39 is 0 Å². The van der Waals surface area contributed by atoms with Crippen LogP contribution in [0.3, 0.4) is 0 Å². The van der Waals surface area contributed by atoms with Crippen LogP contribution in [-0.4, -0.2) is 42.3 Å². The minimum absolute atomic E-state index is 0.203. The molecule has 1 atom stereocenters. The number of pyridine rings is 1. The molecular formula is C17H25N3O3. The van der Waals surface area contributed by atoms with Crippen LogP contribution in [0, 0.1) is 19.1 Å². The molecule has 2 rings (SSSR count). The van der Waals surface area contributed by atoms with Crippen LogP contribution >= 0.6 is 0 Å². The Labute approximate surface area is 137 Å². The molecule has 1 unspecified atom stereocenters. The Morgan fingerprint density at radius 2 is 2.04 bits per heavy atom. The average molecular weight is 319 g/mol. The zero-order valence-corrected chi connectivity index (χ0v) is 14.1. The molecule has 2 heterocycles. The van der Waals surface area contributed by atoms with E-state index in [1.807, 2.05) is 6.92 Å². The molecule has 0 saturated carbocycles. The summed E-state index contributed by atoms with van der Waals surface area (Å²) >= 11 is 0. The SMILES string of the molecule is Cc1cc[n+]([O-])c(C)c1C(=O)NCCC(C)N1CCC(=O)CC1. The Hall–Kier alpha value is -1.95. The predicted octanol–water partition coefficient (Wildman–Crippen LogP) is 1.11. The van der Waals surface area contributed by atoms with E-state index in [-0.39, 0.29) is 5.91 Å². The lowest BCUT2D eigenvalue weighted by Crippen LogP contribution is -2.42. The molecule has 6 heteroatoms. The van der Waals surface area contributed by atoms with Gasteiger partial charge in [0.25, 0.3) is 5.91 Å². The third-order valence-electron chi connectivity index (χ3n) is 4.60. The molecule has 126 valence electrons. The van der Waals surface area contributed by atoms with Crippen molar-refractivity contribution >= 4 is 11.7 Å². The molecule has 0 aromatic carbocycles. The van der Waals surface area contributed by atoms with Gasteiger partial charge in [-0.2, -0.15) is 4.73 Å². The van der Waals surface area contributed by atoms with E-state index in [9.17, 15) is 14.8 Å². The maximum atomic E-state index is 12.3. The molecule has 1 aliphatic heterocycles. The van der Waals surface area contributed by atoms with Crippen LogP contribution in [0.15, 0.2) is 12.3 Å². The highest BCUT2D eigenvalue weighted by Gasteiger charge is 2.21. The predicted molar refractivity (Wildman–Crippen MR) is 87.1 cm³/mol. The van der Waals surface area contributed by atoms with Gasteiger partial charge in [-0.15, -0.1) is 0 Å². The second-order valence-electron chi connectivity index (χ2n) is 6.25. The third-order valence-corrected chi connectivity index (χ3v) is 4.60. The Kier molecular flexibility index (Phi) is 5.71. The molecule has 1 aliphatic rings. The molecule has 0 bridgehead atoms. The number of hydrogen-bond donors (Lipinski definition) is 1. The molecule has 0 aliphatic carbocycles. The number of Topliss-reactive ketones (excluding diaryl/α,β-unsaturated/α-hetero) is 1. The Morgan fingerprint density at radius 3 is 2.70 bits per heavy atom. The van der Waals surface area contributed by atoms with Crippen molar-refractivity contribution in [2.45, 2.75) is 46.1 Å². The first-order valence-corrected chi connectivity index (χ1v) is 8.13. The van der Waals surface area contributed by atoms with E-state index in [0.717, 1.165) is 29.8 Å². The van der Waals surface area contributed by atoms with Gasteiger partial charge < -0.3 is 10.5 Å². The molecule has 23 heavy (non-hydrogen) atoms. The summed E-state index contributed by atoms with van der Waals surface area (Å²) < 4.78 is 0.718. The van der Waals surface area contributed by atoms with Crippen molar-refractivity contribution in [1.29, 1.82) is 0 Å². The zero-order valence-electron chi connectivity index (χ0n) is 14.1. The van der Waals surface area contributed by atoms with Gasteiger partial charge in [0.05, 0.1) is 0 Å². The van der Waals surface area contributed by atoms with Gasteiger partial charge in [-0.3, -0.25) is 14.5 Å². The van der Waals surface area contributed by atoms with Crippen molar-refractivity contribution < 1.29 is 14.3 Å². The average Bonchev–Trinajstić information content (AvgIpc) is 2.52. The van der Waals surface area contributed by atoms with Gasteiger partial charge in [0.15, 0.2) is 6.20 Å². The van der Waals surface area contributed by atoms with Crippen molar-refractivity contribution in [3.63, 3.8) is 0 Å². The number of hydrogen-bond acceptors (Lipinski definition) is 4. The lowest BCUT2D eigenvalue weighted by atomic mass is 10.1. The quantitative estimate of drug-likeness (QED) is 0.651. The van der Waals surface area contributed by atoms with Crippen LogP contribution in [0.2, 0.25) is 0 Å². The lowest BCUT2D eigenvalue weighted by Gasteiger charge is -2.31. The highest BCUT2D eigenvalue weighted by atomic mass is 16.5. The number of amides is 1. The van der Waals surface area contributed by atoms with E-state index in [4.69, 9.17) is 0 Å². The van der Waals surface area contributed by atoms with Crippen molar-refractivity contribution in [2.75, 3.05) is 19.6 Å². The van der Waals surface area contributed by atoms with Crippen LogP contribution in [-0.2, 0) is 4.79 Å². The first-order chi connectivity index (χ1) is 10.9. The number of carbonyl (C=O) groups excluding carboxylic acids is 2. The number of likely N-dealkylation sites (tertiary alicyclic amines) is 1. The van der Waals surface area contributed by atoms with Crippen molar-refractivity contribution in [3.05, 3.63) is 34.3 Å². The van der Waals surface area contributed by atoms with Crippen LogP contribution in [0.4, 0.5) is 0 Å². The molecule has 0 radical (unpaired) electrons. The number of aromatic nitrogens is 1. The number of ketones is 1. The Bertz CT molecular complexity index is 591. The fourth-order valence-electron chi connectivity index (χ4n) is 2.99. The van der Waals surface area contributed by atoms with Crippen LogP contribution in [0.25, 0.3) is 0 Å². The molecule has 1 aromatic heterocycles. The summed E-state index contributed by atoms with van der Waals surface area (Å²) in [5.41, 5.74) is 1.68. The minimum atomic E-state index is -0.203. The van der Waals surface area contributed by atoms with Crippen LogP contribution in [0.1, 0.15) is 47.8 Å². The maximum Gasteiger partial charge on any atom is 0.257 e. The Morgan fingerprint density at radius 1 is 1.39 bits per heavy atom. The largest absolute Gasteiger partial charge is 0.618 e. The van der Waals surface area contributed by atoms with Crippen molar-refractivity contribution in [3.8, 4) is 0 Å². The fraction of sp³-hybridized carbons (Fsp3) is 0.588. The highest BCUT2D eigenvalue weighted by molar-refractivity contribution is 5.96. The number of nitrogens with one attached hydrogen (secondary N) is 1. The fourth-order valence-corrected chi connectivity index (χ4v) is 2.99. The van der Waals surface area contributed by atoms with Gasteiger partial charge in [0.1, 0.15) is 11.3 Å². The number of aryl methyl sites for hydroxylation is 1. The second kappa shape index (κ2) is 7.55.